The predicted octanol–water partition coefficient (Wildman–Crippen LogP) is 3.94. The van der Waals surface area contributed by atoms with Crippen molar-refractivity contribution in [1.82, 2.24) is 9.97 Å². The third-order valence-electron chi connectivity index (χ3n) is 4.77. The third kappa shape index (κ3) is 5.25. The van der Waals surface area contributed by atoms with Crippen molar-refractivity contribution in [2.45, 2.75) is 0 Å². The molecule has 0 spiro atoms. The van der Waals surface area contributed by atoms with E-state index in [2.05, 4.69) is 20.5 Å². The van der Waals surface area contributed by atoms with Gasteiger partial charge < -0.3 is 25.0 Å². The molecule has 1 saturated heterocycles. The van der Waals surface area contributed by atoms with Gasteiger partial charge in [0.2, 0.25) is 0 Å². The Bertz CT molecular complexity index is 1040. The van der Waals surface area contributed by atoms with Gasteiger partial charge >= 0.3 is 0 Å². The smallest absolute Gasteiger partial charge is 0.179 e. The Balaban J connectivity index is 1.46. The molecule has 4 rings (SSSR count). The summed E-state index contributed by atoms with van der Waals surface area (Å²) in [6, 6.07) is 13.6. The first-order valence-corrected chi connectivity index (χ1v) is 10.2. The molecule has 0 aliphatic carbocycles. The lowest BCUT2D eigenvalue weighted by Crippen LogP contribution is -2.37. The molecule has 0 saturated carbocycles. The second-order valence-corrected chi connectivity index (χ2v) is 7.26. The molecule has 0 radical (unpaired) electrons. The number of rotatable bonds is 5. The van der Waals surface area contributed by atoms with E-state index in [-0.39, 0.29) is 5.82 Å². The maximum Gasteiger partial charge on any atom is 0.179 e. The maximum absolute atomic E-state index is 13.0. The highest BCUT2D eigenvalue weighted by Gasteiger charge is 2.18. The van der Waals surface area contributed by atoms with E-state index in [1.807, 2.05) is 24.3 Å². The average Bonchev–Trinajstić information content (AvgIpc) is 2.81. The highest BCUT2D eigenvalue weighted by atomic mass is 32.1. The summed E-state index contributed by atoms with van der Waals surface area (Å²) in [4.78, 5) is 11.3. The number of halogens is 1. The van der Waals surface area contributed by atoms with Crippen LogP contribution in [0.4, 0.5) is 21.6 Å². The predicted molar refractivity (Wildman–Crippen MR) is 123 cm³/mol. The zero-order valence-electron chi connectivity index (χ0n) is 17.0. The van der Waals surface area contributed by atoms with Crippen LogP contribution in [0.5, 0.6) is 5.75 Å². The minimum atomic E-state index is -0.294. The molecule has 1 aliphatic rings. The second kappa shape index (κ2) is 9.67. The number of thiocarbonyl (C=S) groups is 1. The van der Waals surface area contributed by atoms with Crippen LogP contribution < -0.4 is 20.3 Å². The number of hydrogen-bond acceptors (Lipinski definition) is 6. The number of nitrogens with zero attached hydrogens (tertiary/aromatic N) is 3. The van der Waals surface area contributed by atoms with Crippen molar-refractivity contribution in [3.8, 4) is 17.1 Å². The number of hydrogen-bond donors (Lipinski definition) is 2. The lowest BCUT2D eigenvalue weighted by atomic mass is 10.2. The Morgan fingerprint density at radius 2 is 1.65 bits per heavy atom. The van der Waals surface area contributed by atoms with E-state index >= 15 is 0 Å². The van der Waals surface area contributed by atoms with E-state index in [0.717, 1.165) is 30.2 Å². The Morgan fingerprint density at radius 1 is 1.03 bits per heavy atom. The van der Waals surface area contributed by atoms with E-state index < -0.39 is 0 Å². The number of ether oxygens (including phenoxy) is 2. The molecule has 2 N–H and O–H groups in total. The molecule has 1 aromatic heterocycles. The summed E-state index contributed by atoms with van der Waals surface area (Å²) >= 11 is 5.32. The Morgan fingerprint density at radius 3 is 2.26 bits per heavy atom. The van der Waals surface area contributed by atoms with Crippen LogP contribution in [0.2, 0.25) is 0 Å². The first kappa shape index (κ1) is 21.0. The molecule has 2 heterocycles. The highest BCUT2D eigenvalue weighted by Crippen LogP contribution is 2.29. The molecular weight excluding hydrogens is 417 g/mol. The minimum Gasteiger partial charge on any atom is -0.491 e. The number of aromatic nitrogens is 2. The van der Waals surface area contributed by atoms with Gasteiger partial charge in [0, 0.05) is 30.0 Å². The molecule has 7 nitrogen and oxygen atoms in total. The van der Waals surface area contributed by atoms with E-state index in [1.165, 1.54) is 12.1 Å². The van der Waals surface area contributed by atoms with Gasteiger partial charge in [-0.15, -0.1) is 0 Å². The molecule has 0 unspecified atom stereocenters. The van der Waals surface area contributed by atoms with Crippen LogP contribution in [0, 0.1) is 5.82 Å². The number of benzene rings is 2. The number of morpholine rings is 1. The SMILES string of the molecule is COc1cnc(-c2ccc(NC(=S)Nc3ccc(F)cc3)cc2)nc1N1CCOCC1. The lowest BCUT2D eigenvalue weighted by Gasteiger charge is -2.28. The van der Waals surface area contributed by atoms with E-state index in [4.69, 9.17) is 26.7 Å². The molecule has 9 heteroatoms. The normalized spacial score (nSPS) is 13.5. The van der Waals surface area contributed by atoms with Crippen molar-refractivity contribution in [3.63, 3.8) is 0 Å². The van der Waals surface area contributed by atoms with Crippen LogP contribution in [0.1, 0.15) is 0 Å². The van der Waals surface area contributed by atoms with Gasteiger partial charge in [-0.2, -0.15) is 0 Å². The minimum absolute atomic E-state index is 0.294. The fraction of sp³-hybridized carbons (Fsp3) is 0.227. The van der Waals surface area contributed by atoms with Gasteiger partial charge in [-0.25, -0.2) is 14.4 Å². The molecular formula is C22H22FN5O2S. The van der Waals surface area contributed by atoms with Crippen LogP contribution in [0.3, 0.4) is 0 Å². The summed E-state index contributed by atoms with van der Waals surface area (Å²) in [5.41, 5.74) is 2.39. The van der Waals surface area contributed by atoms with Crippen LogP contribution >= 0.6 is 12.2 Å². The summed E-state index contributed by atoms with van der Waals surface area (Å²) in [6.45, 7) is 2.84. The van der Waals surface area contributed by atoms with Crippen molar-refractivity contribution in [3.05, 3.63) is 60.5 Å². The van der Waals surface area contributed by atoms with E-state index in [0.29, 0.717) is 35.6 Å². The largest absolute Gasteiger partial charge is 0.491 e. The fourth-order valence-corrected chi connectivity index (χ4v) is 3.41. The zero-order valence-corrected chi connectivity index (χ0v) is 17.8. The van der Waals surface area contributed by atoms with Gasteiger partial charge in [0.25, 0.3) is 0 Å². The van der Waals surface area contributed by atoms with Crippen LogP contribution in [-0.2, 0) is 4.74 Å². The summed E-state index contributed by atoms with van der Waals surface area (Å²) in [7, 11) is 1.62. The standard InChI is InChI=1S/C22H22FN5O2S/c1-29-19-14-24-20(27-21(19)28-10-12-30-13-11-28)15-2-6-17(7-3-15)25-22(31)26-18-8-4-16(23)5-9-18/h2-9,14H,10-13H2,1H3,(H2,25,26,31). The van der Waals surface area contributed by atoms with E-state index in [1.54, 1.807) is 25.4 Å². The molecule has 1 aliphatic heterocycles. The summed E-state index contributed by atoms with van der Waals surface area (Å²) in [6.07, 6.45) is 1.70. The number of methoxy groups -OCH3 is 1. The molecule has 0 amide bonds. The zero-order chi connectivity index (χ0) is 21.6. The van der Waals surface area contributed by atoms with Gasteiger partial charge in [0.05, 0.1) is 26.5 Å². The second-order valence-electron chi connectivity index (χ2n) is 6.85. The first-order valence-electron chi connectivity index (χ1n) is 9.80. The van der Waals surface area contributed by atoms with Gasteiger partial charge in [-0.3, -0.25) is 0 Å². The van der Waals surface area contributed by atoms with Crippen molar-refractivity contribution in [2.24, 2.45) is 0 Å². The number of nitrogens with one attached hydrogen (secondary N) is 2. The van der Waals surface area contributed by atoms with Gasteiger partial charge in [0.1, 0.15) is 5.82 Å². The Hall–Kier alpha value is -3.30. The average molecular weight is 440 g/mol. The Kier molecular flexibility index (Phi) is 6.54. The third-order valence-corrected chi connectivity index (χ3v) is 4.97. The van der Waals surface area contributed by atoms with Crippen molar-refractivity contribution < 1.29 is 13.9 Å². The van der Waals surface area contributed by atoms with Crippen LogP contribution in [0.25, 0.3) is 11.4 Å². The van der Waals surface area contributed by atoms with Crippen molar-refractivity contribution in [1.29, 1.82) is 0 Å². The topological polar surface area (TPSA) is 71.5 Å². The molecule has 2 aromatic carbocycles. The molecule has 1 fully saturated rings. The quantitative estimate of drug-likeness (QED) is 0.580. The molecule has 3 aromatic rings. The maximum atomic E-state index is 13.0. The first-order chi connectivity index (χ1) is 15.1. The molecule has 0 atom stereocenters. The summed E-state index contributed by atoms with van der Waals surface area (Å²) in [5.74, 6) is 1.72. The van der Waals surface area contributed by atoms with Crippen molar-refractivity contribution in [2.75, 3.05) is 48.9 Å². The highest BCUT2D eigenvalue weighted by molar-refractivity contribution is 7.80. The van der Waals surface area contributed by atoms with Crippen LogP contribution in [-0.4, -0.2) is 48.5 Å². The molecule has 160 valence electrons. The van der Waals surface area contributed by atoms with Gasteiger partial charge in [-0.05, 0) is 60.7 Å². The number of anilines is 3. The van der Waals surface area contributed by atoms with Crippen molar-refractivity contribution >= 4 is 34.5 Å². The molecule has 0 bridgehead atoms. The fourth-order valence-electron chi connectivity index (χ4n) is 3.18. The van der Waals surface area contributed by atoms with E-state index in [9.17, 15) is 4.39 Å². The monoisotopic (exact) mass is 439 g/mol. The van der Waals surface area contributed by atoms with Gasteiger partial charge in [-0.1, -0.05) is 0 Å². The van der Waals surface area contributed by atoms with Crippen LogP contribution in [0.15, 0.2) is 54.7 Å². The Labute approximate surface area is 185 Å². The lowest BCUT2D eigenvalue weighted by molar-refractivity contribution is 0.122. The van der Waals surface area contributed by atoms with Gasteiger partial charge in [0.15, 0.2) is 22.5 Å². The summed E-state index contributed by atoms with van der Waals surface area (Å²) < 4.78 is 23.9. The molecule has 31 heavy (non-hydrogen) atoms. The summed E-state index contributed by atoms with van der Waals surface area (Å²) in [5, 5.41) is 6.54.